The second-order valence-corrected chi connectivity index (χ2v) is 6.65. The van der Waals surface area contributed by atoms with Crippen LogP contribution < -0.4 is 10.1 Å². The minimum absolute atomic E-state index is 0.00103. The number of amides is 1. The van der Waals surface area contributed by atoms with Crippen LogP contribution in [-0.4, -0.2) is 15.7 Å². The van der Waals surface area contributed by atoms with E-state index in [1.807, 2.05) is 26.8 Å². The van der Waals surface area contributed by atoms with Crippen LogP contribution >= 0.6 is 0 Å². The van der Waals surface area contributed by atoms with Crippen LogP contribution in [0.1, 0.15) is 32.7 Å². The lowest BCUT2D eigenvalue weighted by Crippen LogP contribution is -2.17. The molecule has 1 amide bonds. The van der Waals surface area contributed by atoms with Gasteiger partial charge in [0.2, 0.25) is 0 Å². The number of aromatic nitrogens is 2. The largest absolute Gasteiger partial charge is 0.487 e. The molecule has 0 spiro atoms. The van der Waals surface area contributed by atoms with E-state index in [1.165, 1.54) is 0 Å². The zero-order valence-electron chi connectivity index (χ0n) is 16.1. The van der Waals surface area contributed by atoms with Crippen molar-refractivity contribution in [2.45, 2.75) is 27.4 Å². The van der Waals surface area contributed by atoms with Gasteiger partial charge in [0.25, 0.3) is 5.91 Å². The lowest BCUT2D eigenvalue weighted by atomic mass is 10.1. The molecule has 1 N–H and O–H groups in total. The second-order valence-electron chi connectivity index (χ2n) is 6.65. The highest BCUT2D eigenvalue weighted by Gasteiger charge is 2.20. The number of nitrogens with one attached hydrogen (secondary N) is 1. The molecule has 0 saturated carbocycles. The van der Waals surface area contributed by atoms with E-state index in [4.69, 9.17) is 4.74 Å². The topological polar surface area (TPSA) is 56.1 Å². The van der Waals surface area contributed by atoms with E-state index in [0.717, 1.165) is 34.5 Å². The van der Waals surface area contributed by atoms with E-state index in [1.54, 1.807) is 30.1 Å². The standard InChI is InChI=1S/C21H21F2N3O2/c1-12-6-5-7-18(14(12)3)25-21(27)20-16(22)8-15(9-17(20)23)28-11-19-13(2)10-24-26(19)4/h5-10H,11H2,1-4H3,(H,25,27). The molecule has 1 heterocycles. The van der Waals surface area contributed by atoms with Crippen LogP contribution in [-0.2, 0) is 13.7 Å². The molecule has 3 aromatic rings. The molecular weight excluding hydrogens is 364 g/mol. The van der Waals surface area contributed by atoms with Crippen molar-refractivity contribution in [2.24, 2.45) is 7.05 Å². The molecule has 0 aliphatic rings. The maximum atomic E-state index is 14.5. The minimum Gasteiger partial charge on any atom is -0.487 e. The lowest BCUT2D eigenvalue weighted by molar-refractivity contribution is 0.101. The van der Waals surface area contributed by atoms with Crippen molar-refractivity contribution in [3.63, 3.8) is 0 Å². The van der Waals surface area contributed by atoms with Crippen LogP contribution in [0.2, 0.25) is 0 Å². The molecule has 3 rings (SSSR count). The van der Waals surface area contributed by atoms with Crippen molar-refractivity contribution < 1.29 is 18.3 Å². The summed E-state index contributed by atoms with van der Waals surface area (Å²) in [6.45, 7) is 5.69. The third-order valence-electron chi connectivity index (χ3n) is 4.74. The van der Waals surface area contributed by atoms with Gasteiger partial charge in [-0.05, 0) is 43.5 Å². The molecule has 0 radical (unpaired) electrons. The van der Waals surface area contributed by atoms with Crippen molar-refractivity contribution in [3.05, 3.63) is 76.1 Å². The first kappa shape index (κ1) is 19.5. The number of anilines is 1. The monoisotopic (exact) mass is 385 g/mol. The van der Waals surface area contributed by atoms with Gasteiger partial charge in [0.1, 0.15) is 29.6 Å². The summed E-state index contributed by atoms with van der Waals surface area (Å²) < 4.78 is 36.1. The van der Waals surface area contributed by atoms with Crippen LogP contribution in [0.3, 0.4) is 0 Å². The highest BCUT2D eigenvalue weighted by molar-refractivity contribution is 6.05. The molecule has 0 unspecified atom stereocenters. The molecule has 5 nitrogen and oxygen atoms in total. The Morgan fingerprint density at radius 3 is 2.43 bits per heavy atom. The van der Waals surface area contributed by atoms with Gasteiger partial charge in [-0.3, -0.25) is 9.48 Å². The number of rotatable bonds is 5. The summed E-state index contributed by atoms with van der Waals surface area (Å²) in [6.07, 6.45) is 1.68. The molecule has 0 bridgehead atoms. The number of halogens is 2. The number of aryl methyl sites for hydroxylation is 3. The van der Waals surface area contributed by atoms with Crippen LogP contribution in [0, 0.1) is 32.4 Å². The fourth-order valence-corrected chi connectivity index (χ4v) is 2.85. The van der Waals surface area contributed by atoms with E-state index in [-0.39, 0.29) is 12.4 Å². The molecular formula is C21H21F2N3O2. The van der Waals surface area contributed by atoms with E-state index in [9.17, 15) is 13.6 Å². The fourth-order valence-electron chi connectivity index (χ4n) is 2.85. The van der Waals surface area contributed by atoms with Gasteiger partial charge in [0.05, 0.1) is 11.9 Å². The Labute approximate surface area is 161 Å². The van der Waals surface area contributed by atoms with E-state index in [0.29, 0.717) is 5.69 Å². The number of carbonyl (C=O) groups excluding carboxylic acids is 1. The predicted molar refractivity (Wildman–Crippen MR) is 103 cm³/mol. The molecule has 0 aliphatic heterocycles. The van der Waals surface area contributed by atoms with Gasteiger partial charge in [0, 0.05) is 24.9 Å². The van der Waals surface area contributed by atoms with Crippen LogP contribution in [0.25, 0.3) is 0 Å². The highest BCUT2D eigenvalue weighted by atomic mass is 19.1. The van der Waals surface area contributed by atoms with Crippen molar-refractivity contribution in [3.8, 4) is 5.75 Å². The second kappa shape index (κ2) is 7.80. The van der Waals surface area contributed by atoms with Crippen LogP contribution in [0.15, 0.2) is 36.5 Å². The van der Waals surface area contributed by atoms with Crippen LogP contribution in [0.5, 0.6) is 5.75 Å². The summed E-state index contributed by atoms with van der Waals surface area (Å²) in [6, 6.07) is 7.35. The number of ether oxygens (including phenoxy) is 1. The minimum atomic E-state index is -0.987. The molecule has 0 fully saturated rings. The zero-order chi connectivity index (χ0) is 20.4. The smallest absolute Gasteiger partial charge is 0.261 e. The molecule has 7 heteroatoms. The maximum Gasteiger partial charge on any atom is 0.261 e. The van der Waals surface area contributed by atoms with Gasteiger partial charge in [-0.2, -0.15) is 5.10 Å². The van der Waals surface area contributed by atoms with E-state index in [2.05, 4.69) is 10.4 Å². The van der Waals surface area contributed by atoms with Crippen molar-refractivity contribution >= 4 is 11.6 Å². The zero-order valence-corrected chi connectivity index (χ0v) is 16.1. The van der Waals surface area contributed by atoms with E-state index < -0.39 is 23.1 Å². The van der Waals surface area contributed by atoms with Crippen molar-refractivity contribution in [1.29, 1.82) is 0 Å². The van der Waals surface area contributed by atoms with Gasteiger partial charge in [-0.25, -0.2) is 8.78 Å². The van der Waals surface area contributed by atoms with Crippen LogP contribution in [0.4, 0.5) is 14.5 Å². The predicted octanol–water partition coefficient (Wildman–Crippen LogP) is 4.45. The molecule has 1 aromatic heterocycles. The normalized spacial score (nSPS) is 10.8. The van der Waals surface area contributed by atoms with Crippen molar-refractivity contribution in [1.82, 2.24) is 9.78 Å². The summed E-state index contributed by atoms with van der Waals surface area (Å²) in [5.41, 5.74) is 3.36. The van der Waals surface area contributed by atoms with Gasteiger partial charge >= 0.3 is 0 Å². The summed E-state index contributed by atoms with van der Waals surface area (Å²) in [7, 11) is 1.76. The van der Waals surface area contributed by atoms with Gasteiger partial charge in [-0.15, -0.1) is 0 Å². The number of hydrogen-bond donors (Lipinski definition) is 1. The van der Waals surface area contributed by atoms with E-state index >= 15 is 0 Å². The third kappa shape index (κ3) is 3.88. The first-order valence-corrected chi connectivity index (χ1v) is 8.74. The molecule has 0 saturated heterocycles. The average molecular weight is 385 g/mol. The third-order valence-corrected chi connectivity index (χ3v) is 4.74. The summed E-state index contributed by atoms with van der Waals surface area (Å²) in [5, 5.41) is 6.66. The fraction of sp³-hybridized carbons (Fsp3) is 0.238. The lowest BCUT2D eigenvalue weighted by Gasteiger charge is -2.13. The number of hydrogen-bond acceptors (Lipinski definition) is 3. The Morgan fingerprint density at radius 2 is 1.82 bits per heavy atom. The molecule has 2 aromatic carbocycles. The molecule has 146 valence electrons. The Bertz CT molecular complexity index is 1000. The summed E-state index contributed by atoms with van der Waals surface area (Å²) in [4.78, 5) is 12.4. The molecule has 0 atom stereocenters. The quantitative estimate of drug-likeness (QED) is 0.706. The Morgan fingerprint density at radius 1 is 1.14 bits per heavy atom. The summed E-state index contributed by atoms with van der Waals surface area (Å²) >= 11 is 0. The maximum absolute atomic E-state index is 14.5. The number of carbonyl (C=O) groups is 1. The Kier molecular flexibility index (Phi) is 5.44. The SMILES string of the molecule is Cc1cccc(NC(=O)c2c(F)cc(OCc3c(C)cnn3C)cc2F)c1C. The van der Waals surface area contributed by atoms with Crippen molar-refractivity contribution in [2.75, 3.05) is 5.32 Å². The highest BCUT2D eigenvalue weighted by Crippen LogP contribution is 2.24. The number of benzene rings is 2. The van der Waals surface area contributed by atoms with Gasteiger partial charge in [-0.1, -0.05) is 12.1 Å². The number of nitrogens with zero attached hydrogens (tertiary/aromatic N) is 2. The Balaban J connectivity index is 1.79. The van der Waals surface area contributed by atoms with Gasteiger partial charge < -0.3 is 10.1 Å². The summed E-state index contributed by atoms with van der Waals surface area (Å²) in [5.74, 6) is -2.82. The first-order chi connectivity index (χ1) is 13.3. The average Bonchev–Trinajstić information content (AvgIpc) is 2.94. The molecule has 28 heavy (non-hydrogen) atoms. The Hall–Kier alpha value is -3.22. The van der Waals surface area contributed by atoms with Gasteiger partial charge in [0.15, 0.2) is 0 Å². The first-order valence-electron chi connectivity index (χ1n) is 8.74. The molecule has 0 aliphatic carbocycles.